The van der Waals surface area contributed by atoms with E-state index in [1.54, 1.807) is 37.7 Å². The molecule has 1 aliphatic rings. The van der Waals surface area contributed by atoms with Crippen LogP contribution in [0.4, 0.5) is 5.82 Å². The lowest BCUT2D eigenvalue weighted by molar-refractivity contribution is -0.116. The molecule has 9 nitrogen and oxygen atoms in total. The van der Waals surface area contributed by atoms with Crippen molar-refractivity contribution < 1.29 is 23.1 Å². The SMILES string of the molecule is CN(C)C=O.CN1C(C(=O)Nc2ccccn2)=C(O)c2sccc2S1(=O)=O. The van der Waals surface area contributed by atoms with E-state index in [-0.39, 0.29) is 27.0 Å². The first kappa shape index (κ1) is 20.4. The van der Waals surface area contributed by atoms with Crippen molar-refractivity contribution in [2.45, 2.75) is 4.90 Å². The second-order valence-corrected chi connectivity index (χ2v) is 8.38. The molecule has 27 heavy (non-hydrogen) atoms. The first-order chi connectivity index (χ1) is 12.7. The van der Waals surface area contributed by atoms with E-state index in [0.29, 0.717) is 0 Å². The zero-order valence-electron chi connectivity index (χ0n) is 14.8. The number of rotatable bonds is 3. The van der Waals surface area contributed by atoms with Gasteiger partial charge in [0.2, 0.25) is 6.41 Å². The number of carbonyl (C=O) groups is 2. The quantitative estimate of drug-likeness (QED) is 0.737. The Labute approximate surface area is 160 Å². The van der Waals surface area contributed by atoms with Crippen molar-refractivity contribution in [3.8, 4) is 0 Å². The Bertz CT molecular complexity index is 968. The van der Waals surface area contributed by atoms with Crippen LogP contribution in [0, 0.1) is 0 Å². The van der Waals surface area contributed by atoms with Gasteiger partial charge in [-0.25, -0.2) is 13.4 Å². The van der Waals surface area contributed by atoms with Gasteiger partial charge in [-0.2, -0.15) is 0 Å². The predicted octanol–water partition coefficient (Wildman–Crippen LogP) is 1.35. The van der Waals surface area contributed by atoms with Gasteiger partial charge in [-0.15, -0.1) is 11.3 Å². The molecular formula is C16H18N4O5S2. The number of aromatic nitrogens is 1. The van der Waals surface area contributed by atoms with Gasteiger partial charge in [0.15, 0.2) is 11.5 Å². The molecule has 144 valence electrons. The highest BCUT2D eigenvalue weighted by molar-refractivity contribution is 7.89. The van der Waals surface area contributed by atoms with Crippen LogP contribution in [0.5, 0.6) is 0 Å². The fourth-order valence-electron chi connectivity index (χ4n) is 2.06. The lowest BCUT2D eigenvalue weighted by Crippen LogP contribution is -2.36. The summed E-state index contributed by atoms with van der Waals surface area (Å²) in [5, 5.41) is 14.3. The molecule has 2 N–H and O–H groups in total. The number of hydrogen-bond acceptors (Lipinski definition) is 7. The largest absolute Gasteiger partial charge is 0.504 e. The van der Waals surface area contributed by atoms with Crippen LogP contribution in [0.2, 0.25) is 0 Å². The molecule has 0 unspecified atom stereocenters. The fourth-order valence-corrected chi connectivity index (χ4v) is 4.62. The van der Waals surface area contributed by atoms with Crippen LogP contribution in [0.3, 0.4) is 0 Å². The molecule has 1 aliphatic heterocycles. The molecule has 3 rings (SSSR count). The summed E-state index contributed by atoms with van der Waals surface area (Å²) in [5.41, 5.74) is -0.333. The Kier molecular flexibility index (Phi) is 6.18. The molecule has 0 aliphatic carbocycles. The minimum absolute atomic E-state index is 0.00751. The Hall–Kier alpha value is -2.92. The summed E-state index contributed by atoms with van der Waals surface area (Å²) in [7, 11) is 0.745. The van der Waals surface area contributed by atoms with Crippen LogP contribution < -0.4 is 5.32 Å². The third-order valence-electron chi connectivity index (χ3n) is 3.35. The first-order valence-electron chi connectivity index (χ1n) is 7.54. The second kappa shape index (κ2) is 8.18. The highest BCUT2D eigenvalue weighted by Crippen LogP contribution is 2.38. The molecule has 0 fully saturated rings. The van der Waals surface area contributed by atoms with Crippen molar-refractivity contribution in [3.63, 3.8) is 0 Å². The number of aliphatic hydroxyl groups is 1. The van der Waals surface area contributed by atoms with Gasteiger partial charge in [0.1, 0.15) is 10.7 Å². The number of amides is 2. The number of sulfonamides is 1. The van der Waals surface area contributed by atoms with Crippen molar-refractivity contribution in [2.75, 3.05) is 26.5 Å². The molecule has 0 bridgehead atoms. The number of nitrogens with one attached hydrogen (secondary N) is 1. The molecule has 3 heterocycles. The number of anilines is 1. The third kappa shape index (κ3) is 4.26. The van der Waals surface area contributed by atoms with Gasteiger partial charge in [-0.05, 0) is 23.6 Å². The smallest absolute Gasteiger partial charge is 0.278 e. The molecule has 0 radical (unpaired) electrons. The average molecular weight is 410 g/mol. The summed E-state index contributed by atoms with van der Waals surface area (Å²) in [5.74, 6) is -0.854. The second-order valence-electron chi connectivity index (χ2n) is 5.52. The molecule has 0 spiro atoms. The Morgan fingerprint density at radius 3 is 2.56 bits per heavy atom. The van der Waals surface area contributed by atoms with Crippen molar-refractivity contribution in [1.82, 2.24) is 14.2 Å². The van der Waals surface area contributed by atoms with Crippen LogP contribution in [-0.2, 0) is 19.6 Å². The van der Waals surface area contributed by atoms with Crippen LogP contribution in [0.25, 0.3) is 5.76 Å². The molecule has 0 atom stereocenters. The monoisotopic (exact) mass is 410 g/mol. The van der Waals surface area contributed by atoms with Crippen molar-refractivity contribution in [2.24, 2.45) is 0 Å². The summed E-state index contributed by atoms with van der Waals surface area (Å²) in [6.07, 6.45) is 2.24. The fraction of sp³-hybridized carbons (Fsp3) is 0.188. The van der Waals surface area contributed by atoms with E-state index in [1.807, 2.05) is 0 Å². The lowest BCUT2D eigenvalue weighted by atomic mass is 10.3. The van der Waals surface area contributed by atoms with E-state index in [9.17, 15) is 23.1 Å². The van der Waals surface area contributed by atoms with Crippen LogP contribution in [-0.4, -0.2) is 61.2 Å². The highest BCUT2D eigenvalue weighted by atomic mass is 32.2. The number of thiophene rings is 1. The first-order valence-corrected chi connectivity index (χ1v) is 9.86. The van der Waals surface area contributed by atoms with Gasteiger partial charge in [-0.1, -0.05) is 6.07 Å². The molecule has 11 heteroatoms. The van der Waals surface area contributed by atoms with Crippen molar-refractivity contribution in [3.05, 3.63) is 46.4 Å². The van der Waals surface area contributed by atoms with Crippen molar-refractivity contribution >= 4 is 45.3 Å². The summed E-state index contributed by atoms with van der Waals surface area (Å²) in [4.78, 5) is 27.3. The van der Waals surface area contributed by atoms with E-state index in [1.165, 1.54) is 24.2 Å². The highest BCUT2D eigenvalue weighted by Gasteiger charge is 2.38. The summed E-state index contributed by atoms with van der Waals surface area (Å²) < 4.78 is 25.5. The number of aliphatic hydroxyl groups excluding tert-OH is 1. The van der Waals surface area contributed by atoms with Gasteiger partial charge in [0.25, 0.3) is 15.9 Å². The molecule has 2 amide bonds. The predicted molar refractivity (Wildman–Crippen MR) is 101 cm³/mol. The van der Waals surface area contributed by atoms with Gasteiger partial charge in [0, 0.05) is 27.3 Å². The normalized spacial score (nSPS) is 14.6. The molecule has 0 saturated heterocycles. The number of pyridine rings is 1. The van der Waals surface area contributed by atoms with Gasteiger partial charge in [-0.3, -0.25) is 13.9 Å². The van der Waals surface area contributed by atoms with Crippen LogP contribution in [0.15, 0.2) is 46.4 Å². The maximum absolute atomic E-state index is 12.4. The molecule has 0 aromatic carbocycles. The molecular weight excluding hydrogens is 392 g/mol. The topological polar surface area (TPSA) is 120 Å². The van der Waals surface area contributed by atoms with E-state index in [4.69, 9.17) is 0 Å². The maximum Gasteiger partial charge on any atom is 0.278 e. The zero-order valence-corrected chi connectivity index (χ0v) is 16.4. The summed E-state index contributed by atoms with van der Waals surface area (Å²) >= 11 is 1.06. The van der Waals surface area contributed by atoms with Gasteiger partial charge < -0.3 is 15.3 Å². The minimum Gasteiger partial charge on any atom is -0.504 e. The number of nitrogens with zero attached hydrogens (tertiary/aromatic N) is 3. The van der Waals surface area contributed by atoms with Crippen LogP contribution >= 0.6 is 11.3 Å². The van der Waals surface area contributed by atoms with E-state index >= 15 is 0 Å². The molecule has 0 saturated carbocycles. The molecule has 2 aromatic rings. The Morgan fingerprint density at radius 1 is 1.33 bits per heavy atom. The molecule has 2 aromatic heterocycles. The number of likely N-dealkylation sites (N-methyl/N-ethyl adjacent to an activating group) is 1. The van der Waals surface area contributed by atoms with E-state index in [0.717, 1.165) is 22.1 Å². The Morgan fingerprint density at radius 2 is 2.00 bits per heavy atom. The van der Waals surface area contributed by atoms with Crippen LogP contribution in [0.1, 0.15) is 4.88 Å². The summed E-state index contributed by atoms with van der Waals surface area (Å²) in [6.45, 7) is 0. The van der Waals surface area contributed by atoms with Gasteiger partial charge in [0.05, 0.1) is 4.88 Å². The maximum atomic E-state index is 12.4. The van der Waals surface area contributed by atoms with Gasteiger partial charge >= 0.3 is 0 Å². The third-order valence-corrected chi connectivity index (χ3v) is 6.20. The lowest BCUT2D eigenvalue weighted by Gasteiger charge is -2.26. The zero-order chi connectivity index (χ0) is 20.2. The van der Waals surface area contributed by atoms with E-state index < -0.39 is 15.9 Å². The number of hydrogen-bond donors (Lipinski definition) is 2. The average Bonchev–Trinajstić information content (AvgIpc) is 3.13. The number of carbonyl (C=O) groups excluding carboxylic acids is 2. The Balaban J connectivity index is 0.000000465. The van der Waals surface area contributed by atoms with Crippen molar-refractivity contribution in [1.29, 1.82) is 0 Å². The number of fused-ring (bicyclic) bond motifs is 1. The summed E-state index contributed by atoms with van der Waals surface area (Å²) in [6, 6.07) is 6.32. The minimum atomic E-state index is -3.85. The standard InChI is InChI=1S/C13H11N3O4S2.C3H7NO/c1-16-10(13(18)15-9-4-2-3-6-14-9)11(17)12-8(5-7-21-12)22(16,19)20;1-4(2)3-5/h2-7,17H,1H3,(H,14,15,18);3H,1-2H3. The van der Waals surface area contributed by atoms with E-state index in [2.05, 4.69) is 10.3 Å².